The van der Waals surface area contributed by atoms with E-state index in [1.165, 1.54) is 4.90 Å². The molecule has 0 aromatic heterocycles. The highest BCUT2D eigenvalue weighted by Gasteiger charge is 2.44. The molecule has 7 heteroatoms. The summed E-state index contributed by atoms with van der Waals surface area (Å²) < 4.78 is 37.6. The normalized spacial score (nSPS) is 26.7. The first-order valence-corrected chi connectivity index (χ1v) is 6.67. The van der Waals surface area contributed by atoms with Gasteiger partial charge in [-0.3, -0.25) is 0 Å². The van der Waals surface area contributed by atoms with Gasteiger partial charge in [0.25, 0.3) is 0 Å². The van der Waals surface area contributed by atoms with Gasteiger partial charge in [0.2, 0.25) is 0 Å². The van der Waals surface area contributed by atoms with Crippen LogP contribution >= 0.6 is 0 Å². The second kappa shape index (κ2) is 5.56. The molecule has 2 aliphatic rings. The molecule has 0 radical (unpaired) electrons. The Bertz CT molecular complexity index is 327. The van der Waals surface area contributed by atoms with Crippen LogP contribution in [-0.2, 0) is 0 Å². The number of likely N-dealkylation sites (tertiary alicyclic amines) is 2. The Morgan fingerprint density at radius 1 is 1.16 bits per heavy atom. The summed E-state index contributed by atoms with van der Waals surface area (Å²) >= 11 is 0. The number of hydrogen-bond acceptors (Lipinski definition) is 2. The number of piperidine rings is 1. The summed E-state index contributed by atoms with van der Waals surface area (Å²) in [6, 6.07) is -0.255. The van der Waals surface area contributed by atoms with Crippen molar-refractivity contribution in [3.05, 3.63) is 0 Å². The van der Waals surface area contributed by atoms with E-state index in [9.17, 15) is 18.0 Å². The Labute approximate surface area is 110 Å². The SMILES string of the molecule is CN1CCC(NC(=O)N2CCC(C(F)(F)F)C2)CC1. The van der Waals surface area contributed by atoms with Gasteiger partial charge in [-0.25, -0.2) is 4.79 Å². The number of amides is 2. The first kappa shape index (κ1) is 14.4. The monoisotopic (exact) mass is 279 g/mol. The fraction of sp³-hybridized carbons (Fsp3) is 0.917. The third-order valence-electron chi connectivity index (χ3n) is 3.98. The van der Waals surface area contributed by atoms with Crippen molar-refractivity contribution >= 4 is 6.03 Å². The van der Waals surface area contributed by atoms with Crippen LogP contribution in [0.5, 0.6) is 0 Å². The number of alkyl halides is 3. The average Bonchev–Trinajstić information content (AvgIpc) is 2.81. The molecule has 1 unspecified atom stereocenters. The van der Waals surface area contributed by atoms with Gasteiger partial charge in [-0.1, -0.05) is 0 Å². The Morgan fingerprint density at radius 3 is 2.32 bits per heavy atom. The van der Waals surface area contributed by atoms with E-state index in [1.807, 2.05) is 7.05 Å². The van der Waals surface area contributed by atoms with Gasteiger partial charge in [0.1, 0.15) is 0 Å². The van der Waals surface area contributed by atoms with Crippen molar-refractivity contribution in [3.8, 4) is 0 Å². The van der Waals surface area contributed by atoms with Gasteiger partial charge in [0.05, 0.1) is 5.92 Å². The van der Waals surface area contributed by atoms with Gasteiger partial charge >= 0.3 is 12.2 Å². The average molecular weight is 279 g/mol. The Balaban J connectivity index is 1.78. The zero-order valence-corrected chi connectivity index (χ0v) is 11.0. The molecule has 2 fully saturated rings. The van der Waals surface area contributed by atoms with E-state index in [1.54, 1.807) is 0 Å². The lowest BCUT2D eigenvalue weighted by atomic mass is 10.1. The van der Waals surface area contributed by atoms with Crippen molar-refractivity contribution in [1.82, 2.24) is 15.1 Å². The topological polar surface area (TPSA) is 35.6 Å². The molecule has 0 bridgehead atoms. The minimum absolute atomic E-state index is 0.0182. The van der Waals surface area contributed by atoms with Gasteiger partial charge < -0.3 is 15.1 Å². The number of halogens is 3. The molecule has 0 saturated carbocycles. The quantitative estimate of drug-likeness (QED) is 0.792. The highest BCUT2D eigenvalue weighted by atomic mass is 19.4. The molecule has 2 amide bonds. The Kier molecular flexibility index (Phi) is 4.23. The van der Waals surface area contributed by atoms with Gasteiger partial charge in [-0.2, -0.15) is 13.2 Å². The third kappa shape index (κ3) is 3.75. The molecule has 2 saturated heterocycles. The van der Waals surface area contributed by atoms with E-state index in [-0.39, 0.29) is 31.6 Å². The molecular formula is C12H20F3N3O. The number of carbonyl (C=O) groups excluding carboxylic acids is 1. The fourth-order valence-corrected chi connectivity index (χ4v) is 2.63. The molecular weight excluding hydrogens is 259 g/mol. The van der Waals surface area contributed by atoms with E-state index >= 15 is 0 Å². The molecule has 0 aliphatic carbocycles. The number of hydrogen-bond donors (Lipinski definition) is 1. The lowest BCUT2D eigenvalue weighted by molar-refractivity contribution is -0.169. The number of carbonyl (C=O) groups is 1. The first-order chi connectivity index (χ1) is 8.86. The highest BCUT2D eigenvalue weighted by molar-refractivity contribution is 5.74. The summed E-state index contributed by atoms with van der Waals surface area (Å²) in [6.07, 6.45) is -2.45. The van der Waals surface area contributed by atoms with Gasteiger partial charge in [-0.05, 0) is 39.4 Å². The predicted octanol–water partition coefficient (Wildman–Crippen LogP) is 1.67. The van der Waals surface area contributed by atoms with Crippen LogP contribution in [0.25, 0.3) is 0 Å². The molecule has 0 aromatic carbocycles. The lowest BCUT2D eigenvalue weighted by Gasteiger charge is -2.30. The molecule has 2 rings (SSSR count). The second-order valence-electron chi connectivity index (χ2n) is 5.50. The standard InChI is InChI=1S/C12H20F3N3O/c1-17-5-3-10(4-6-17)16-11(19)18-7-2-9(8-18)12(13,14)15/h9-10H,2-8H2,1H3,(H,16,19). The highest BCUT2D eigenvalue weighted by Crippen LogP contribution is 2.33. The summed E-state index contributed by atoms with van der Waals surface area (Å²) in [7, 11) is 2.02. The summed E-state index contributed by atoms with van der Waals surface area (Å²) in [5.74, 6) is -1.37. The molecule has 0 aromatic rings. The number of rotatable bonds is 1. The molecule has 0 spiro atoms. The summed E-state index contributed by atoms with van der Waals surface area (Å²) in [4.78, 5) is 15.4. The third-order valence-corrected chi connectivity index (χ3v) is 3.98. The van der Waals surface area contributed by atoms with Crippen LogP contribution in [0.4, 0.5) is 18.0 Å². The van der Waals surface area contributed by atoms with Crippen LogP contribution in [0.2, 0.25) is 0 Å². The fourth-order valence-electron chi connectivity index (χ4n) is 2.63. The Morgan fingerprint density at radius 2 is 1.79 bits per heavy atom. The molecule has 1 atom stereocenters. The molecule has 2 heterocycles. The number of urea groups is 1. The minimum atomic E-state index is -4.19. The molecule has 4 nitrogen and oxygen atoms in total. The summed E-state index contributed by atoms with van der Waals surface area (Å²) in [6.45, 7) is 1.82. The maximum absolute atomic E-state index is 12.5. The maximum Gasteiger partial charge on any atom is 0.393 e. The molecule has 2 aliphatic heterocycles. The minimum Gasteiger partial charge on any atom is -0.335 e. The van der Waals surface area contributed by atoms with E-state index in [2.05, 4.69) is 10.2 Å². The molecule has 1 N–H and O–H groups in total. The molecule has 19 heavy (non-hydrogen) atoms. The van der Waals surface area contributed by atoms with Crippen LogP contribution in [0.3, 0.4) is 0 Å². The van der Waals surface area contributed by atoms with Gasteiger partial charge in [-0.15, -0.1) is 0 Å². The summed E-state index contributed by atoms with van der Waals surface area (Å²) in [5.41, 5.74) is 0. The zero-order chi connectivity index (χ0) is 14.0. The Hall–Kier alpha value is -0.980. The van der Waals surface area contributed by atoms with E-state index < -0.39 is 12.1 Å². The van der Waals surface area contributed by atoms with E-state index in [4.69, 9.17) is 0 Å². The number of nitrogens with zero attached hydrogens (tertiary/aromatic N) is 2. The smallest absolute Gasteiger partial charge is 0.335 e. The van der Waals surface area contributed by atoms with Crippen LogP contribution in [-0.4, -0.2) is 61.3 Å². The van der Waals surface area contributed by atoms with Crippen molar-refractivity contribution < 1.29 is 18.0 Å². The summed E-state index contributed by atoms with van der Waals surface area (Å²) in [5, 5.41) is 2.85. The van der Waals surface area contributed by atoms with Gasteiger partial charge in [0.15, 0.2) is 0 Å². The maximum atomic E-state index is 12.5. The predicted molar refractivity (Wildman–Crippen MR) is 64.8 cm³/mol. The van der Waals surface area contributed by atoms with Crippen molar-refractivity contribution in [2.75, 3.05) is 33.2 Å². The lowest BCUT2D eigenvalue weighted by Crippen LogP contribution is -2.48. The largest absolute Gasteiger partial charge is 0.393 e. The number of nitrogens with one attached hydrogen (secondary N) is 1. The van der Waals surface area contributed by atoms with Crippen molar-refractivity contribution in [1.29, 1.82) is 0 Å². The van der Waals surface area contributed by atoms with E-state index in [0.717, 1.165) is 25.9 Å². The first-order valence-electron chi connectivity index (χ1n) is 6.67. The van der Waals surface area contributed by atoms with Crippen LogP contribution in [0.1, 0.15) is 19.3 Å². The second-order valence-corrected chi connectivity index (χ2v) is 5.50. The van der Waals surface area contributed by atoms with Crippen LogP contribution in [0.15, 0.2) is 0 Å². The van der Waals surface area contributed by atoms with Crippen molar-refractivity contribution in [3.63, 3.8) is 0 Å². The van der Waals surface area contributed by atoms with Crippen molar-refractivity contribution in [2.24, 2.45) is 5.92 Å². The van der Waals surface area contributed by atoms with Crippen LogP contribution in [0, 0.1) is 5.92 Å². The molecule has 110 valence electrons. The zero-order valence-electron chi connectivity index (χ0n) is 11.0. The van der Waals surface area contributed by atoms with Crippen molar-refractivity contribution in [2.45, 2.75) is 31.5 Å². The van der Waals surface area contributed by atoms with Crippen LogP contribution < -0.4 is 5.32 Å². The van der Waals surface area contributed by atoms with Gasteiger partial charge in [0, 0.05) is 19.1 Å². The van der Waals surface area contributed by atoms with E-state index in [0.29, 0.717) is 0 Å².